The van der Waals surface area contributed by atoms with Gasteiger partial charge in [-0.15, -0.1) is 0 Å². The molecule has 0 bridgehead atoms. The van der Waals surface area contributed by atoms with E-state index in [4.69, 9.17) is 4.74 Å². The number of hydrogen-bond acceptors (Lipinski definition) is 1. The Kier molecular flexibility index (Phi) is 9.33. The highest BCUT2D eigenvalue weighted by Gasteiger charge is 2.20. The Morgan fingerprint density at radius 2 is 1.44 bits per heavy atom. The van der Waals surface area contributed by atoms with Crippen molar-refractivity contribution in [2.75, 3.05) is 6.61 Å². The molecule has 190 valence electrons. The zero-order valence-corrected chi connectivity index (χ0v) is 21.6. The molecule has 3 heteroatoms. The third kappa shape index (κ3) is 6.63. The second kappa shape index (κ2) is 12.9. The van der Waals surface area contributed by atoms with Crippen LogP contribution in [0.1, 0.15) is 75.0 Å². The summed E-state index contributed by atoms with van der Waals surface area (Å²) in [6, 6.07) is 20.1. The molecular formula is C33H38F2O. The minimum absolute atomic E-state index is 0.0447. The maximum absolute atomic E-state index is 14.5. The summed E-state index contributed by atoms with van der Waals surface area (Å²) < 4.78 is 33.9. The van der Waals surface area contributed by atoms with Crippen molar-refractivity contribution in [3.8, 4) is 16.9 Å². The molecule has 0 heterocycles. The van der Waals surface area contributed by atoms with Crippen molar-refractivity contribution < 1.29 is 13.5 Å². The number of halogens is 2. The van der Waals surface area contributed by atoms with Crippen LogP contribution in [0.25, 0.3) is 11.1 Å². The molecule has 0 aliphatic heterocycles. The zero-order valence-electron chi connectivity index (χ0n) is 21.6. The van der Waals surface area contributed by atoms with Crippen molar-refractivity contribution in [2.24, 2.45) is 5.92 Å². The molecule has 3 aromatic carbocycles. The lowest BCUT2D eigenvalue weighted by Crippen LogP contribution is -2.11. The molecule has 0 aromatic heterocycles. The summed E-state index contributed by atoms with van der Waals surface area (Å²) in [5.41, 5.74) is 5.09. The summed E-state index contributed by atoms with van der Waals surface area (Å²) >= 11 is 0. The van der Waals surface area contributed by atoms with Crippen LogP contribution in [-0.2, 0) is 12.8 Å². The van der Waals surface area contributed by atoms with Gasteiger partial charge < -0.3 is 4.74 Å². The van der Waals surface area contributed by atoms with Crippen LogP contribution in [0.3, 0.4) is 0 Å². The monoisotopic (exact) mass is 488 g/mol. The highest BCUT2D eigenvalue weighted by molar-refractivity contribution is 5.65. The molecule has 0 saturated heterocycles. The Morgan fingerprint density at radius 3 is 2.11 bits per heavy atom. The van der Waals surface area contributed by atoms with Crippen LogP contribution in [-0.4, -0.2) is 6.61 Å². The Bertz CT molecular complexity index is 1120. The van der Waals surface area contributed by atoms with E-state index in [2.05, 4.69) is 43.3 Å². The lowest BCUT2D eigenvalue weighted by molar-refractivity contribution is 0.314. The van der Waals surface area contributed by atoms with E-state index in [1.54, 1.807) is 13.0 Å². The average molecular weight is 489 g/mol. The van der Waals surface area contributed by atoms with E-state index in [9.17, 15) is 8.78 Å². The van der Waals surface area contributed by atoms with E-state index in [1.807, 2.05) is 24.3 Å². The van der Waals surface area contributed by atoms with E-state index in [0.717, 1.165) is 12.8 Å². The summed E-state index contributed by atoms with van der Waals surface area (Å²) in [5, 5.41) is 0. The van der Waals surface area contributed by atoms with Gasteiger partial charge in [-0.3, -0.25) is 0 Å². The predicted octanol–water partition coefficient (Wildman–Crippen LogP) is 9.45. The number of rotatable bonds is 10. The molecule has 3 aromatic rings. The first-order valence-corrected chi connectivity index (χ1v) is 13.5. The van der Waals surface area contributed by atoms with Crippen molar-refractivity contribution in [3.63, 3.8) is 0 Å². The Hall–Kier alpha value is -2.94. The van der Waals surface area contributed by atoms with Gasteiger partial charge in [0.15, 0.2) is 11.6 Å². The van der Waals surface area contributed by atoms with Crippen molar-refractivity contribution >= 4 is 0 Å². The van der Waals surface area contributed by atoms with Crippen molar-refractivity contribution in [1.82, 2.24) is 0 Å². The average Bonchev–Trinajstić information content (AvgIpc) is 2.91. The van der Waals surface area contributed by atoms with Gasteiger partial charge in [-0.2, -0.15) is 4.39 Å². The Morgan fingerprint density at radius 1 is 0.778 bits per heavy atom. The largest absolute Gasteiger partial charge is 0.491 e. The molecule has 1 saturated carbocycles. The molecule has 1 aliphatic rings. The molecule has 0 atom stereocenters. The van der Waals surface area contributed by atoms with Gasteiger partial charge >= 0.3 is 0 Å². The SMILES string of the molecule is CCCc1ccc([C@H]2CC[C@H](/C=C/CCc3ccc(-c4ccc(OCC)c(F)c4F)cc3)CC2)cc1. The highest BCUT2D eigenvalue weighted by Crippen LogP contribution is 2.36. The highest BCUT2D eigenvalue weighted by atomic mass is 19.2. The van der Waals surface area contributed by atoms with Crippen LogP contribution < -0.4 is 4.74 Å². The second-order valence-corrected chi connectivity index (χ2v) is 9.94. The Balaban J connectivity index is 1.24. The van der Waals surface area contributed by atoms with E-state index in [-0.39, 0.29) is 11.3 Å². The third-order valence-electron chi connectivity index (χ3n) is 7.38. The van der Waals surface area contributed by atoms with Crippen molar-refractivity contribution in [1.29, 1.82) is 0 Å². The van der Waals surface area contributed by atoms with Gasteiger partial charge in [0.25, 0.3) is 0 Å². The second-order valence-electron chi connectivity index (χ2n) is 9.94. The third-order valence-corrected chi connectivity index (χ3v) is 7.38. The minimum atomic E-state index is -0.928. The number of hydrogen-bond donors (Lipinski definition) is 0. The fourth-order valence-electron chi connectivity index (χ4n) is 5.30. The van der Waals surface area contributed by atoms with Crippen molar-refractivity contribution in [3.05, 3.63) is 101 Å². The van der Waals surface area contributed by atoms with Crippen LogP contribution in [0.15, 0.2) is 72.8 Å². The number of ether oxygens (including phenoxy) is 1. The number of allylic oxidation sites excluding steroid dienone is 2. The molecule has 0 unspecified atom stereocenters. The fraction of sp³-hybridized carbons (Fsp3) is 0.394. The summed E-state index contributed by atoms with van der Waals surface area (Å²) in [7, 11) is 0. The zero-order chi connectivity index (χ0) is 25.3. The number of benzene rings is 3. The fourth-order valence-corrected chi connectivity index (χ4v) is 5.30. The summed E-state index contributed by atoms with van der Waals surface area (Å²) in [6.07, 6.45) is 14.1. The molecule has 36 heavy (non-hydrogen) atoms. The molecule has 0 amide bonds. The van der Waals surface area contributed by atoms with Gasteiger partial charge in [0.05, 0.1) is 6.61 Å². The standard InChI is InChI=1S/C33H38F2O/c1-3-7-24-10-16-27(17-11-24)28-18-12-25(13-19-28)8-5-6-9-26-14-20-29(21-15-26)30-22-23-31(36-4-2)33(35)32(30)34/h5,8,10-11,14-17,20-23,25,28H,3-4,6-7,9,12-13,18-19H2,1-2H3/b8-5+/t25-,28-. The first-order valence-electron chi connectivity index (χ1n) is 13.5. The van der Waals surface area contributed by atoms with Crippen LogP contribution in [0, 0.1) is 17.6 Å². The van der Waals surface area contributed by atoms with Crippen molar-refractivity contribution in [2.45, 2.75) is 71.1 Å². The van der Waals surface area contributed by atoms with Gasteiger partial charge in [0, 0.05) is 5.56 Å². The maximum Gasteiger partial charge on any atom is 0.201 e. The molecule has 1 aliphatic carbocycles. The van der Waals surface area contributed by atoms with Crippen LogP contribution in [0.4, 0.5) is 8.78 Å². The molecule has 0 N–H and O–H groups in total. The van der Waals surface area contributed by atoms with Gasteiger partial charge in [-0.25, -0.2) is 4.39 Å². The first-order chi connectivity index (χ1) is 17.6. The normalized spacial score (nSPS) is 18.0. The van der Waals surface area contributed by atoms with Crippen LogP contribution in [0.2, 0.25) is 0 Å². The topological polar surface area (TPSA) is 9.23 Å². The van der Waals surface area contributed by atoms with Gasteiger partial charge in [0.2, 0.25) is 5.82 Å². The summed E-state index contributed by atoms with van der Waals surface area (Å²) in [6.45, 7) is 4.28. The minimum Gasteiger partial charge on any atom is -0.491 e. The quantitative estimate of drug-likeness (QED) is 0.258. The molecule has 0 spiro atoms. The summed E-state index contributed by atoms with van der Waals surface area (Å²) in [4.78, 5) is 0. The maximum atomic E-state index is 14.5. The van der Waals surface area contributed by atoms with E-state index < -0.39 is 11.6 Å². The molecule has 1 nitrogen and oxygen atoms in total. The van der Waals surface area contributed by atoms with Gasteiger partial charge in [-0.05, 0) is 98.1 Å². The first kappa shape index (κ1) is 26.1. The summed E-state index contributed by atoms with van der Waals surface area (Å²) in [5.74, 6) is -0.447. The Labute approximate surface area is 215 Å². The van der Waals surface area contributed by atoms with E-state index >= 15 is 0 Å². The molecule has 0 radical (unpaired) electrons. The predicted molar refractivity (Wildman–Crippen MR) is 146 cm³/mol. The molecule has 4 rings (SSSR count). The number of aryl methyl sites for hydroxylation is 2. The lowest BCUT2D eigenvalue weighted by Gasteiger charge is -2.27. The van der Waals surface area contributed by atoms with Gasteiger partial charge in [-0.1, -0.05) is 74.0 Å². The van der Waals surface area contributed by atoms with E-state index in [1.165, 1.54) is 61.3 Å². The molecular weight excluding hydrogens is 450 g/mol. The smallest absolute Gasteiger partial charge is 0.201 e. The van der Waals surface area contributed by atoms with Gasteiger partial charge in [0.1, 0.15) is 0 Å². The van der Waals surface area contributed by atoms with Crippen LogP contribution in [0.5, 0.6) is 5.75 Å². The van der Waals surface area contributed by atoms with Crippen LogP contribution >= 0.6 is 0 Å². The molecule has 1 fully saturated rings. The van der Waals surface area contributed by atoms with E-state index in [0.29, 0.717) is 24.0 Å². The lowest BCUT2D eigenvalue weighted by atomic mass is 9.78.